The Kier molecular flexibility index (Phi) is 4.02. The molecule has 1 amide bonds. The van der Waals surface area contributed by atoms with Crippen molar-refractivity contribution in [1.82, 2.24) is 4.90 Å². The highest BCUT2D eigenvalue weighted by atomic mass is 35.5. The number of nitrogens with zero attached hydrogens (tertiary/aromatic N) is 2. The van der Waals surface area contributed by atoms with Gasteiger partial charge in [-0.25, -0.2) is 0 Å². The van der Waals surface area contributed by atoms with Crippen LogP contribution in [0, 0.1) is 0 Å². The SMILES string of the molecule is Cl.O=C1CSC(N2CCOCC2)=N1. The number of morpholine rings is 1. The van der Waals surface area contributed by atoms with Crippen LogP contribution in [0.5, 0.6) is 0 Å². The van der Waals surface area contributed by atoms with Gasteiger partial charge in [0.15, 0.2) is 5.17 Å². The summed E-state index contributed by atoms with van der Waals surface area (Å²) >= 11 is 1.53. The van der Waals surface area contributed by atoms with Gasteiger partial charge in [-0.05, 0) is 0 Å². The molecule has 0 unspecified atom stereocenters. The molecule has 13 heavy (non-hydrogen) atoms. The molecule has 4 nitrogen and oxygen atoms in total. The van der Waals surface area contributed by atoms with E-state index in [1.54, 1.807) is 0 Å². The van der Waals surface area contributed by atoms with Gasteiger partial charge in [0, 0.05) is 13.1 Å². The molecule has 2 aliphatic rings. The van der Waals surface area contributed by atoms with Gasteiger partial charge in [0.2, 0.25) is 0 Å². The van der Waals surface area contributed by atoms with Crippen molar-refractivity contribution in [2.75, 3.05) is 32.1 Å². The van der Waals surface area contributed by atoms with Crippen molar-refractivity contribution in [3.8, 4) is 0 Å². The van der Waals surface area contributed by atoms with E-state index in [-0.39, 0.29) is 18.3 Å². The zero-order valence-corrected chi connectivity index (χ0v) is 8.70. The number of thioether (sulfide) groups is 1. The normalized spacial score (nSPS) is 22.6. The monoisotopic (exact) mass is 222 g/mol. The summed E-state index contributed by atoms with van der Waals surface area (Å²) in [6.45, 7) is 3.21. The zero-order chi connectivity index (χ0) is 8.39. The summed E-state index contributed by atoms with van der Waals surface area (Å²) in [7, 11) is 0. The van der Waals surface area contributed by atoms with Crippen molar-refractivity contribution in [1.29, 1.82) is 0 Å². The third kappa shape index (κ3) is 2.59. The lowest BCUT2D eigenvalue weighted by Gasteiger charge is -2.27. The van der Waals surface area contributed by atoms with Crippen molar-refractivity contribution in [3.05, 3.63) is 0 Å². The van der Waals surface area contributed by atoms with E-state index in [2.05, 4.69) is 9.89 Å². The van der Waals surface area contributed by atoms with E-state index in [0.717, 1.165) is 31.5 Å². The summed E-state index contributed by atoms with van der Waals surface area (Å²) in [6, 6.07) is 0. The second-order valence-corrected chi connectivity index (χ2v) is 3.62. The molecular weight excluding hydrogens is 212 g/mol. The number of carbonyl (C=O) groups excluding carboxylic acids is 1. The van der Waals surface area contributed by atoms with Gasteiger partial charge >= 0.3 is 0 Å². The Balaban J connectivity index is 0.000000845. The van der Waals surface area contributed by atoms with E-state index in [4.69, 9.17) is 4.74 Å². The molecule has 0 bridgehead atoms. The van der Waals surface area contributed by atoms with Crippen LogP contribution in [0.1, 0.15) is 0 Å². The minimum atomic E-state index is -0.0125. The van der Waals surface area contributed by atoms with Crippen LogP contribution in [0.15, 0.2) is 4.99 Å². The van der Waals surface area contributed by atoms with Crippen molar-refractivity contribution in [2.45, 2.75) is 0 Å². The zero-order valence-electron chi connectivity index (χ0n) is 7.06. The lowest BCUT2D eigenvalue weighted by atomic mass is 10.5. The Bertz CT molecular complexity index is 229. The lowest BCUT2D eigenvalue weighted by Crippen LogP contribution is -2.38. The van der Waals surface area contributed by atoms with Gasteiger partial charge in [-0.15, -0.1) is 12.4 Å². The van der Waals surface area contributed by atoms with Crippen LogP contribution in [0.25, 0.3) is 0 Å². The first kappa shape index (κ1) is 10.8. The number of carbonyl (C=O) groups is 1. The second kappa shape index (κ2) is 4.83. The maximum absolute atomic E-state index is 10.8. The maximum Gasteiger partial charge on any atom is 0.258 e. The van der Waals surface area contributed by atoms with Gasteiger partial charge in [-0.3, -0.25) is 4.79 Å². The van der Waals surface area contributed by atoms with Crippen molar-refractivity contribution in [3.63, 3.8) is 0 Å². The van der Waals surface area contributed by atoms with E-state index >= 15 is 0 Å². The predicted molar refractivity (Wildman–Crippen MR) is 54.5 cm³/mol. The fourth-order valence-corrected chi connectivity index (χ4v) is 2.06. The summed E-state index contributed by atoms with van der Waals surface area (Å²) in [5.41, 5.74) is 0. The summed E-state index contributed by atoms with van der Waals surface area (Å²) in [5, 5.41) is 0.878. The fraction of sp³-hybridized carbons (Fsp3) is 0.714. The van der Waals surface area contributed by atoms with Crippen molar-refractivity contribution in [2.24, 2.45) is 4.99 Å². The van der Waals surface area contributed by atoms with Gasteiger partial charge in [0.1, 0.15) is 0 Å². The summed E-state index contributed by atoms with van der Waals surface area (Å²) in [4.78, 5) is 16.9. The van der Waals surface area contributed by atoms with Gasteiger partial charge in [-0.2, -0.15) is 4.99 Å². The number of rotatable bonds is 0. The molecule has 6 heteroatoms. The molecule has 0 atom stereocenters. The first-order valence-corrected chi connectivity index (χ1v) is 4.92. The number of hydrogen-bond donors (Lipinski definition) is 0. The Hall–Kier alpha value is -0.260. The first-order valence-electron chi connectivity index (χ1n) is 3.93. The molecule has 2 aliphatic heterocycles. The van der Waals surface area contributed by atoms with E-state index in [9.17, 15) is 4.79 Å². The lowest BCUT2D eigenvalue weighted by molar-refractivity contribution is -0.115. The van der Waals surface area contributed by atoms with Crippen LogP contribution >= 0.6 is 24.2 Å². The average Bonchev–Trinajstić information content (AvgIpc) is 2.54. The molecule has 0 spiro atoms. The Morgan fingerprint density at radius 3 is 2.62 bits per heavy atom. The molecule has 74 valence electrons. The third-order valence-electron chi connectivity index (χ3n) is 1.83. The molecule has 0 radical (unpaired) electrons. The quantitative estimate of drug-likeness (QED) is 0.594. The largest absolute Gasteiger partial charge is 0.378 e. The first-order chi connectivity index (χ1) is 5.86. The maximum atomic E-state index is 10.8. The minimum absolute atomic E-state index is 0. The van der Waals surface area contributed by atoms with Crippen LogP contribution in [0.4, 0.5) is 0 Å². The number of hydrogen-bond acceptors (Lipinski definition) is 4. The molecule has 0 aromatic heterocycles. The van der Waals surface area contributed by atoms with Gasteiger partial charge in [0.25, 0.3) is 5.91 Å². The standard InChI is InChI=1S/C7H10N2O2S.ClH/c10-6-5-12-7(8-6)9-1-3-11-4-2-9;/h1-5H2;1H. The van der Waals surface area contributed by atoms with Crippen LogP contribution in [-0.4, -0.2) is 48.0 Å². The van der Waals surface area contributed by atoms with E-state index in [0.29, 0.717) is 5.75 Å². The molecule has 1 saturated heterocycles. The van der Waals surface area contributed by atoms with E-state index in [1.165, 1.54) is 11.8 Å². The summed E-state index contributed by atoms with van der Waals surface area (Å²) in [6.07, 6.45) is 0. The molecule has 1 fully saturated rings. The van der Waals surface area contributed by atoms with Crippen LogP contribution in [0.3, 0.4) is 0 Å². The number of ether oxygens (including phenoxy) is 1. The number of aliphatic imine (C=N–C) groups is 1. The third-order valence-corrected chi connectivity index (χ3v) is 2.83. The average molecular weight is 223 g/mol. The molecule has 2 heterocycles. The van der Waals surface area contributed by atoms with Crippen LogP contribution in [-0.2, 0) is 9.53 Å². The van der Waals surface area contributed by atoms with Gasteiger partial charge in [0.05, 0.1) is 19.0 Å². The highest BCUT2D eigenvalue weighted by molar-refractivity contribution is 8.14. The van der Waals surface area contributed by atoms with Crippen molar-refractivity contribution >= 4 is 35.2 Å². The number of amidine groups is 1. The van der Waals surface area contributed by atoms with E-state index < -0.39 is 0 Å². The number of halogens is 1. The van der Waals surface area contributed by atoms with Crippen LogP contribution in [0.2, 0.25) is 0 Å². The fourth-order valence-electron chi connectivity index (χ4n) is 1.21. The highest BCUT2D eigenvalue weighted by Crippen LogP contribution is 2.17. The highest BCUT2D eigenvalue weighted by Gasteiger charge is 2.21. The molecular formula is C7H11ClN2O2S. The smallest absolute Gasteiger partial charge is 0.258 e. The summed E-state index contributed by atoms with van der Waals surface area (Å²) in [5.74, 6) is 0.494. The second-order valence-electron chi connectivity index (χ2n) is 2.68. The molecule has 2 rings (SSSR count). The van der Waals surface area contributed by atoms with Crippen LogP contribution < -0.4 is 0 Å². The molecule has 0 aromatic carbocycles. The topological polar surface area (TPSA) is 41.9 Å². The summed E-state index contributed by atoms with van der Waals surface area (Å²) < 4.78 is 5.20. The van der Waals surface area contributed by atoms with E-state index in [1.807, 2.05) is 0 Å². The molecule has 0 aliphatic carbocycles. The minimum Gasteiger partial charge on any atom is -0.378 e. The van der Waals surface area contributed by atoms with Crippen molar-refractivity contribution < 1.29 is 9.53 Å². The molecule has 0 N–H and O–H groups in total. The van der Waals surface area contributed by atoms with Gasteiger partial charge in [-0.1, -0.05) is 11.8 Å². The Morgan fingerprint density at radius 2 is 2.08 bits per heavy atom. The molecule has 0 aromatic rings. The Morgan fingerprint density at radius 1 is 1.38 bits per heavy atom. The Labute approximate surface area is 87.1 Å². The van der Waals surface area contributed by atoms with Gasteiger partial charge < -0.3 is 9.64 Å². The predicted octanol–water partition coefficient (Wildman–Crippen LogP) is 0.370. The number of amides is 1. The molecule has 0 saturated carbocycles.